The molecule has 0 fully saturated rings. The molecule has 0 bridgehead atoms. The van der Waals surface area contributed by atoms with Crippen LogP contribution in [0.2, 0.25) is 0 Å². The maximum atomic E-state index is 11.9. The number of carbonyl (C=O) groups excluding carboxylic acids is 1. The molecule has 1 aromatic carbocycles. The summed E-state index contributed by atoms with van der Waals surface area (Å²) >= 11 is 0. The highest BCUT2D eigenvalue weighted by atomic mass is 16.5. The summed E-state index contributed by atoms with van der Waals surface area (Å²) in [5, 5.41) is 7.06. The molecule has 0 saturated carbocycles. The zero-order valence-corrected chi connectivity index (χ0v) is 11.0. The number of hydrogen-bond acceptors (Lipinski definition) is 4. The molecule has 0 amide bonds. The lowest BCUT2D eigenvalue weighted by Crippen LogP contribution is -2.16. The molecule has 19 heavy (non-hydrogen) atoms. The number of benzene rings is 1. The number of esters is 1. The number of ether oxygens (including phenoxy) is 1. The van der Waals surface area contributed by atoms with Crippen LogP contribution < -0.4 is 5.56 Å². The normalized spacial score (nSPS) is 10.9. The number of fused-ring (bicyclic) bond motifs is 1. The third-order valence-corrected chi connectivity index (χ3v) is 2.82. The van der Waals surface area contributed by atoms with Crippen molar-refractivity contribution in [2.75, 3.05) is 6.61 Å². The molecule has 0 aliphatic rings. The van der Waals surface area contributed by atoms with E-state index in [1.807, 2.05) is 0 Å². The molecule has 0 radical (unpaired) electrons. The molecule has 5 heteroatoms. The van der Waals surface area contributed by atoms with Crippen molar-refractivity contribution in [3.63, 3.8) is 0 Å². The molecule has 0 unspecified atom stereocenters. The molecule has 5 nitrogen and oxygen atoms in total. The molecule has 0 aliphatic carbocycles. The zero-order chi connectivity index (χ0) is 13.8. The van der Waals surface area contributed by atoms with Crippen molar-refractivity contribution in [2.24, 2.45) is 5.92 Å². The summed E-state index contributed by atoms with van der Waals surface area (Å²) in [6.45, 7) is 4.47. The molecule has 0 spiro atoms. The Morgan fingerprint density at radius 2 is 2.00 bits per heavy atom. The van der Waals surface area contributed by atoms with E-state index in [1.54, 1.807) is 24.3 Å². The van der Waals surface area contributed by atoms with Gasteiger partial charge in [0.25, 0.3) is 5.56 Å². The average Bonchev–Trinajstić information content (AvgIpc) is 2.39. The fourth-order valence-electron chi connectivity index (χ4n) is 1.73. The molecule has 0 saturated heterocycles. The van der Waals surface area contributed by atoms with Gasteiger partial charge in [0.2, 0.25) is 0 Å². The standard InChI is InChI=1S/C14H16N2O3/c1-9(2)7-8-19-14(18)12-10-5-3-4-6-11(10)13(17)16-15-12/h3-6,9H,7-8H2,1-2H3,(H,16,17). The molecule has 1 heterocycles. The smallest absolute Gasteiger partial charge is 0.359 e. The number of hydrogen-bond donors (Lipinski definition) is 1. The number of H-pyrrole nitrogens is 1. The predicted molar refractivity (Wildman–Crippen MR) is 72.1 cm³/mol. The molecule has 0 atom stereocenters. The highest BCUT2D eigenvalue weighted by Crippen LogP contribution is 2.13. The van der Waals surface area contributed by atoms with Gasteiger partial charge in [0, 0.05) is 5.39 Å². The van der Waals surface area contributed by atoms with Gasteiger partial charge in [-0.3, -0.25) is 4.79 Å². The van der Waals surface area contributed by atoms with Crippen molar-refractivity contribution in [2.45, 2.75) is 20.3 Å². The van der Waals surface area contributed by atoms with Crippen LogP contribution in [0.4, 0.5) is 0 Å². The Labute approximate surface area is 110 Å². The lowest BCUT2D eigenvalue weighted by molar-refractivity contribution is 0.0482. The maximum absolute atomic E-state index is 11.9. The van der Waals surface area contributed by atoms with Crippen LogP contribution in [0.5, 0.6) is 0 Å². The lowest BCUT2D eigenvalue weighted by Gasteiger charge is -2.07. The van der Waals surface area contributed by atoms with E-state index in [-0.39, 0.29) is 11.3 Å². The van der Waals surface area contributed by atoms with Crippen LogP contribution in [0.1, 0.15) is 30.8 Å². The minimum atomic E-state index is -0.506. The van der Waals surface area contributed by atoms with Crippen LogP contribution in [-0.2, 0) is 4.74 Å². The number of rotatable bonds is 4. The van der Waals surface area contributed by atoms with Crippen molar-refractivity contribution in [3.05, 3.63) is 40.3 Å². The van der Waals surface area contributed by atoms with Crippen molar-refractivity contribution in [3.8, 4) is 0 Å². The van der Waals surface area contributed by atoms with E-state index >= 15 is 0 Å². The van der Waals surface area contributed by atoms with Crippen molar-refractivity contribution < 1.29 is 9.53 Å². The Balaban J connectivity index is 2.28. The summed E-state index contributed by atoms with van der Waals surface area (Å²) in [6, 6.07) is 6.84. The van der Waals surface area contributed by atoms with Gasteiger partial charge in [-0.15, -0.1) is 0 Å². The SMILES string of the molecule is CC(C)CCOC(=O)c1n[nH]c(=O)c2ccccc12. The van der Waals surface area contributed by atoms with Crippen LogP contribution in [0, 0.1) is 5.92 Å². The highest BCUT2D eigenvalue weighted by Gasteiger charge is 2.15. The molecular weight excluding hydrogens is 244 g/mol. The Kier molecular flexibility index (Phi) is 3.94. The Morgan fingerprint density at radius 3 is 2.68 bits per heavy atom. The van der Waals surface area contributed by atoms with Crippen LogP contribution in [0.15, 0.2) is 29.1 Å². The van der Waals surface area contributed by atoms with E-state index in [1.165, 1.54) is 0 Å². The summed E-state index contributed by atoms with van der Waals surface area (Å²) in [5.74, 6) is -0.0406. The fourth-order valence-corrected chi connectivity index (χ4v) is 1.73. The second-order valence-corrected chi connectivity index (χ2v) is 4.77. The third-order valence-electron chi connectivity index (χ3n) is 2.82. The van der Waals surface area contributed by atoms with Gasteiger partial charge in [0.1, 0.15) is 0 Å². The van der Waals surface area contributed by atoms with Crippen molar-refractivity contribution in [1.29, 1.82) is 0 Å². The summed E-state index contributed by atoms with van der Waals surface area (Å²) in [4.78, 5) is 23.5. The first-order chi connectivity index (χ1) is 9.09. The number of nitrogens with zero attached hydrogens (tertiary/aromatic N) is 1. The van der Waals surface area contributed by atoms with Gasteiger partial charge in [-0.05, 0) is 18.4 Å². The first-order valence-corrected chi connectivity index (χ1v) is 6.24. The van der Waals surface area contributed by atoms with Crippen molar-refractivity contribution in [1.82, 2.24) is 10.2 Å². The fraction of sp³-hybridized carbons (Fsp3) is 0.357. The summed E-state index contributed by atoms with van der Waals surface area (Å²) in [6.07, 6.45) is 0.799. The van der Waals surface area contributed by atoms with Gasteiger partial charge in [0.05, 0.1) is 12.0 Å². The van der Waals surface area contributed by atoms with Crippen LogP contribution in [0.3, 0.4) is 0 Å². The second kappa shape index (κ2) is 5.65. The van der Waals surface area contributed by atoms with Gasteiger partial charge < -0.3 is 4.74 Å². The summed E-state index contributed by atoms with van der Waals surface area (Å²) in [7, 11) is 0. The second-order valence-electron chi connectivity index (χ2n) is 4.77. The molecule has 100 valence electrons. The largest absolute Gasteiger partial charge is 0.461 e. The molecule has 1 aromatic heterocycles. The maximum Gasteiger partial charge on any atom is 0.359 e. The van der Waals surface area contributed by atoms with Crippen LogP contribution in [0.25, 0.3) is 10.8 Å². The minimum Gasteiger partial charge on any atom is -0.461 e. The van der Waals surface area contributed by atoms with E-state index in [0.29, 0.717) is 23.3 Å². The Hall–Kier alpha value is -2.17. The van der Waals surface area contributed by atoms with E-state index in [2.05, 4.69) is 24.0 Å². The number of aromatic nitrogens is 2. The average molecular weight is 260 g/mol. The third kappa shape index (κ3) is 2.99. The quantitative estimate of drug-likeness (QED) is 0.855. The van der Waals surface area contributed by atoms with Crippen LogP contribution >= 0.6 is 0 Å². The molecule has 1 N–H and O–H groups in total. The molecule has 0 aliphatic heterocycles. The van der Waals surface area contributed by atoms with Gasteiger partial charge in [0.15, 0.2) is 5.69 Å². The lowest BCUT2D eigenvalue weighted by atomic mass is 10.1. The van der Waals surface area contributed by atoms with E-state index in [4.69, 9.17) is 4.74 Å². The van der Waals surface area contributed by atoms with E-state index in [9.17, 15) is 9.59 Å². The molecular formula is C14H16N2O3. The zero-order valence-electron chi connectivity index (χ0n) is 11.0. The van der Waals surface area contributed by atoms with Gasteiger partial charge in [-0.2, -0.15) is 5.10 Å². The van der Waals surface area contributed by atoms with E-state index < -0.39 is 5.97 Å². The summed E-state index contributed by atoms with van der Waals surface area (Å²) in [5.41, 5.74) is -0.159. The highest BCUT2D eigenvalue weighted by molar-refractivity contribution is 6.01. The van der Waals surface area contributed by atoms with Crippen molar-refractivity contribution >= 4 is 16.7 Å². The minimum absolute atomic E-state index is 0.152. The number of nitrogens with one attached hydrogen (secondary N) is 1. The molecule has 2 rings (SSSR count). The number of carbonyl (C=O) groups is 1. The van der Waals surface area contributed by atoms with E-state index in [0.717, 1.165) is 6.42 Å². The summed E-state index contributed by atoms with van der Waals surface area (Å²) < 4.78 is 5.16. The Morgan fingerprint density at radius 1 is 1.32 bits per heavy atom. The predicted octanol–water partition coefficient (Wildman–Crippen LogP) is 2.13. The topological polar surface area (TPSA) is 72.0 Å². The monoisotopic (exact) mass is 260 g/mol. The van der Waals surface area contributed by atoms with Gasteiger partial charge in [-0.25, -0.2) is 9.89 Å². The number of aromatic amines is 1. The van der Waals surface area contributed by atoms with Crippen LogP contribution in [-0.4, -0.2) is 22.8 Å². The Bertz CT molecular complexity index is 646. The first kappa shape index (κ1) is 13.3. The van der Waals surface area contributed by atoms with Gasteiger partial charge in [-0.1, -0.05) is 32.0 Å². The van der Waals surface area contributed by atoms with Gasteiger partial charge >= 0.3 is 5.97 Å². The molecule has 2 aromatic rings. The first-order valence-electron chi connectivity index (χ1n) is 6.24.